The van der Waals surface area contributed by atoms with E-state index in [1.54, 1.807) is 0 Å². The van der Waals surface area contributed by atoms with Crippen LogP contribution >= 0.6 is 0 Å². The Balaban J connectivity index is 2.66. The fourth-order valence-electron chi connectivity index (χ4n) is 1.08. The molecule has 1 aromatic rings. The summed E-state index contributed by atoms with van der Waals surface area (Å²) in [5.41, 5.74) is 0.680. The minimum Gasteiger partial charge on any atom is -0.227 e. The van der Waals surface area contributed by atoms with E-state index in [0.29, 0.717) is 0 Å². The summed E-state index contributed by atoms with van der Waals surface area (Å²) in [6.45, 7) is 7.68. The van der Waals surface area contributed by atoms with Crippen LogP contribution < -0.4 is 0 Å². The first-order valence-electron chi connectivity index (χ1n) is 4.74. The lowest BCUT2D eigenvalue weighted by Crippen LogP contribution is -2.22. The van der Waals surface area contributed by atoms with E-state index >= 15 is 0 Å². The molecule has 0 aliphatic heterocycles. The van der Waals surface area contributed by atoms with Crippen molar-refractivity contribution < 1.29 is 9.78 Å². The molecule has 0 bridgehead atoms. The van der Waals surface area contributed by atoms with Crippen LogP contribution in [0.4, 0.5) is 0 Å². The van der Waals surface area contributed by atoms with Gasteiger partial charge in [0.05, 0.1) is 0 Å². The summed E-state index contributed by atoms with van der Waals surface area (Å²) < 4.78 is 0. The lowest BCUT2D eigenvalue weighted by molar-refractivity contribution is -0.349. The summed E-state index contributed by atoms with van der Waals surface area (Å²) >= 11 is 0. The molecule has 77 valence electrons. The Bertz CT molecular complexity index is 265. The zero-order valence-corrected chi connectivity index (χ0v) is 9.20. The van der Waals surface area contributed by atoms with E-state index in [-0.39, 0.29) is 0 Å². The average molecular weight is 193 g/mol. The maximum Gasteiger partial charge on any atom is 0.129 e. The third kappa shape index (κ3) is 3.13. The molecule has 0 unspecified atom stereocenters. The van der Waals surface area contributed by atoms with Crippen LogP contribution in [0.3, 0.4) is 0 Å². The molecule has 0 spiro atoms. The number of rotatable bonds is 4. The monoisotopic (exact) mass is 193 g/mol. The van der Waals surface area contributed by atoms with Crippen molar-refractivity contribution in [3.8, 4) is 0 Å². The highest BCUT2D eigenvalue weighted by Crippen LogP contribution is 2.25. The number of benzene rings is 1. The van der Waals surface area contributed by atoms with Crippen LogP contribution in [-0.2, 0) is 15.4 Å². The Morgan fingerprint density at radius 3 is 2.14 bits per heavy atom. The predicted octanol–water partition coefficient (Wildman–Crippen LogP) is 3.44. The van der Waals surface area contributed by atoms with Crippen LogP contribution in [0.2, 0.25) is 0 Å². The fourth-order valence-corrected chi connectivity index (χ4v) is 1.08. The average Bonchev–Trinajstić information content (AvgIpc) is 2.16. The molecule has 0 heterocycles. The molecule has 0 aliphatic rings. The van der Waals surface area contributed by atoms with E-state index in [1.807, 2.05) is 58.0 Å². The van der Waals surface area contributed by atoms with E-state index in [4.69, 9.17) is 9.78 Å². The predicted molar refractivity (Wildman–Crippen MR) is 56.2 cm³/mol. The van der Waals surface area contributed by atoms with Crippen LogP contribution in [0.25, 0.3) is 0 Å². The first-order valence-corrected chi connectivity index (χ1v) is 4.74. The molecule has 0 aromatic heterocycles. The van der Waals surface area contributed by atoms with Gasteiger partial charge in [-0.3, -0.25) is 0 Å². The molecule has 0 amide bonds. The first-order chi connectivity index (χ1) is 6.52. The van der Waals surface area contributed by atoms with Crippen molar-refractivity contribution in [1.29, 1.82) is 0 Å². The Morgan fingerprint density at radius 1 is 1.07 bits per heavy atom. The molecule has 1 radical (unpaired) electrons. The van der Waals surface area contributed by atoms with Gasteiger partial charge >= 0.3 is 0 Å². The summed E-state index contributed by atoms with van der Waals surface area (Å²) in [5, 5.41) is 0. The van der Waals surface area contributed by atoms with Crippen LogP contribution in [0.15, 0.2) is 30.3 Å². The van der Waals surface area contributed by atoms with E-state index in [1.165, 1.54) is 0 Å². The lowest BCUT2D eigenvalue weighted by Gasteiger charge is -2.24. The van der Waals surface area contributed by atoms with E-state index < -0.39 is 5.60 Å². The minimum atomic E-state index is -0.418. The standard InChI is InChI=1S/C12H17O2/c1-10(2)13-14-12(3,4)11-8-6-5-7-9-11/h5-9H,1-4H3. The minimum absolute atomic E-state index is 0.418. The van der Waals surface area contributed by atoms with Crippen LogP contribution in [-0.4, -0.2) is 0 Å². The van der Waals surface area contributed by atoms with Gasteiger partial charge in [-0.05, 0) is 33.3 Å². The second kappa shape index (κ2) is 4.58. The summed E-state index contributed by atoms with van der Waals surface area (Å²) in [4.78, 5) is 10.4. The second-order valence-corrected chi connectivity index (χ2v) is 3.95. The van der Waals surface area contributed by atoms with Gasteiger partial charge in [0.15, 0.2) is 0 Å². The Kier molecular flexibility index (Phi) is 3.67. The molecule has 14 heavy (non-hydrogen) atoms. The highest BCUT2D eigenvalue weighted by atomic mass is 17.2. The highest BCUT2D eigenvalue weighted by Gasteiger charge is 2.22. The Hall–Kier alpha value is -0.860. The second-order valence-electron chi connectivity index (χ2n) is 3.95. The smallest absolute Gasteiger partial charge is 0.129 e. The molecule has 0 atom stereocenters. The summed E-state index contributed by atoms with van der Waals surface area (Å²) in [6.07, 6.45) is 0.800. The van der Waals surface area contributed by atoms with Crippen LogP contribution in [0.5, 0.6) is 0 Å². The molecular formula is C12H17O2. The van der Waals surface area contributed by atoms with Crippen molar-refractivity contribution in [3.63, 3.8) is 0 Å². The normalized spacial score (nSPS) is 12.1. The zero-order chi connectivity index (χ0) is 10.6. The van der Waals surface area contributed by atoms with Crippen molar-refractivity contribution in [1.82, 2.24) is 0 Å². The highest BCUT2D eigenvalue weighted by molar-refractivity contribution is 5.20. The van der Waals surface area contributed by atoms with Gasteiger partial charge in [0.25, 0.3) is 0 Å². The van der Waals surface area contributed by atoms with Gasteiger partial charge in [-0.25, -0.2) is 9.78 Å². The third-order valence-corrected chi connectivity index (χ3v) is 1.89. The van der Waals surface area contributed by atoms with Crippen molar-refractivity contribution in [2.24, 2.45) is 0 Å². The Morgan fingerprint density at radius 2 is 1.64 bits per heavy atom. The summed E-state index contributed by atoms with van der Waals surface area (Å²) in [5.74, 6) is 0. The fraction of sp³-hybridized carbons (Fsp3) is 0.417. The van der Waals surface area contributed by atoms with Gasteiger partial charge in [-0.1, -0.05) is 30.3 Å². The molecule has 0 saturated carbocycles. The quantitative estimate of drug-likeness (QED) is 0.538. The number of hydrogen-bond donors (Lipinski definition) is 0. The molecule has 2 heteroatoms. The summed E-state index contributed by atoms with van der Waals surface area (Å²) in [6, 6.07) is 10.0. The van der Waals surface area contributed by atoms with E-state index in [9.17, 15) is 0 Å². The molecule has 1 aromatic carbocycles. The Labute approximate surface area is 85.8 Å². The van der Waals surface area contributed by atoms with Gasteiger partial charge < -0.3 is 0 Å². The van der Waals surface area contributed by atoms with E-state index in [2.05, 4.69) is 0 Å². The topological polar surface area (TPSA) is 18.5 Å². The molecule has 0 saturated heterocycles. The maximum absolute atomic E-state index is 5.34. The van der Waals surface area contributed by atoms with Gasteiger partial charge in [0.2, 0.25) is 0 Å². The molecule has 0 N–H and O–H groups in total. The SMILES string of the molecule is C[C](C)OOC(C)(C)c1ccccc1. The first kappa shape index (κ1) is 11.2. The lowest BCUT2D eigenvalue weighted by atomic mass is 9.99. The molecule has 2 nitrogen and oxygen atoms in total. The van der Waals surface area contributed by atoms with Gasteiger partial charge in [-0.2, -0.15) is 0 Å². The van der Waals surface area contributed by atoms with Crippen LogP contribution in [0, 0.1) is 6.10 Å². The molecular weight excluding hydrogens is 176 g/mol. The largest absolute Gasteiger partial charge is 0.227 e. The van der Waals surface area contributed by atoms with Gasteiger partial charge in [0.1, 0.15) is 11.7 Å². The summed E-state index contributed by atoms with van der Waals surface area (Å²) in [7, 11) is 0. The van der Waals surface area contributed by atoms with Crippen molar-refractivity contribution in [2.45, 2.75) is 33.3 Å². The van der Waals surface area contributed by atoms with E-state index in [0.717, 1.165) is 11.7 Å². The van der Waals surface area contributed by atoms with Gasteiger partial charge in [0, 0.05) is 0 Å². The third-order valence-electron chi connectivity index (χ3n) is 1.89. The van der Waals surface area contributed by atoms with Crippen LogP contribution in [0.1, 0.15) is 33.3 Å². The molecule has 0 fully saturated rings. The van der Waals surface area contributed by atoms with Crippen molar-refractivity contribution >= 4 is 0 Å². The molecule has 1 rings (SSSR count). The zero-order valence-electron chi connectivity index (χ0n) is 9.20. The van der Waals surface area contributed by atoms with Crippen molar-refractivity contribution in [2.75, 3.05) is 0 Å². The molecule has 0 aliphatic carbocycles. The number of hydrogen-bond acceptors (Lipinski definition) is 2. The van der Waals surface area contributed by atoms with Gasteiger partial charge in [-0.15, -0.1) is 0 Å². The maximum atomic E-state index is 5.34. The van der Waals surface area contributed by atoms with Crippen molar-refractivity contribution in [3.05, 3.63) is 42.0 Å².